The smallest absolute Gasteiger partial charge is 0.325 e. The topological polar surface area (TPSA) is 59.8 Å². The number of amides is 1. The molecular weight excluding hydrogens is 294 g/mol. The summed E-state index contributed by atoms with van der Waals surface area (Å²) in [7, 11) is 1.53. The Morgan fingerprint density at radius 1 is 1.38 bits per heavy atom. The Morgan fingerprint density at radius 3 is 2.76 bits per heavy atom. The molecule has 0 bridgehead atoms. The normalized spacial score (nSPS) is 10.7. The third-order valence-electron chi connectivity index (χ3n) is 3.11. The monoisotopic (exact) mass is 309 g/mol. The number of rotatable bonds is 4. The van der Waals surface area contributed by atoms with Crippen molar-refractivity contribution in [3.05, 3.63) is 34.5 Å². The highest BCUT2D eigenvalue weighted by molar-refractivity contribution is 6.31. The Kier molecular flexibility index (Phi) is 4.53. The molecule has 0 fully saturated rings. The quantitative estimate of drug-likeness (QED) is 0.815. The Hall–Kier alpha value is -2.01. The van der Waals surface area contributed by atoms with E-state index in [0.717, 1.165) is 5.39 Å². The lowest BCUT2D eigenvalue weighted by Crippen LogP contribution is -2.33. The number of hydrogen-bond acceptors (Lipinski definition) is 4. The van der Waals surface area contributed by atoms with Crippen LogP contribution in [-0.2, 0) is 9.53 Å². The van der Waals surface area contributed by atoms with Crippen LogP contribution in [0.3, 0.4) is 0 Å². The summed E-state index contributed by atoms with van der Waals surface area (Å²) in [5.74, 6) is -0.614. The third-order valence-corrected chi connectivity index (χ3v) is 3.35. The minimum absolute atomic E-state index is 0.121. The first-order valence-corrected chi connectivity index (χ1v) is 6.91. The van der Waals surface area contributed by atoms with Crippen LogP contribution in [0.25, 0.3) is 11.0 Å². The first-order chi connectivity index (χ1) is 9.93. The summed E-state index contributed by atoms with van der Waals surface area (Å²) in [4.78, 5) is 25.0. The third kappa shape index (κ3) is 3.19. The minimum atomic E-state index is -0.454. The number of ether oxygens (including phenoxy) is 1. The molecule has 2 aromatic rings. The summed E-state index contributed by atoms with van der Waals surface area (Å²) >= 11 is 5.95. The summed E-state index contributed by atoms with van der Waals surface area (Å²) in [6.45, 7) is 3.66. The zero-order chi connectivity index (χ0) is 15.6. The maximum absolute atomic E-state index is 12.4. The fraction of sp³-hybridized carbons (Fsp3) is 0.333. The van der Waals surface area contributed by atoms with Crippen LogP contribution in [0.4, 0.5) is 0 Å². The second-order valence-electron chi connectivity index (χ2n) is 4.66. The maximum Gasteiger partial charge on any atom is 0.325 e. The SMILES string of the molecule is CCOC(=O)CN(C)C(=O)c1oc2ccc(Cl)cc2c1C. The van der Waals surface area contributed by atoms with E-state index in [2.05, 4.69) is 0 Å². The van der Waals surface area contributed by atoms with E-state index in [1.165, 1.54) is 11.9 Å². The van der Waals surface area contributed by atoms with Gasteiger partial charge in [0.1, 0.15) is 12.1 Å². The Bertz CT molecular complexity index is 692. The number of halogens is 1. The summed E-state index contributed by atoms with van der Waals surface area (Å²) < 4.78 is 10.4. The highest BCUT2D eigenvalue weighted by atomic mass is 35.5. The number of fused-ring (bicyclic) bond motifs is 1. The molecule has 112 valence electrons. The molecule has 0 unspecified atom stereocenters. The number of esters is 1. The standard InChI is InChI=1S/C15H16ClNO4/c1-4-20-13(18)8-17(3)15(19)14-9(2)11-7-10(16)5-6-12(11)21-14/h5-7H,4,8H2,1-3H3. The van der Waals surface area contributed by atoms with Crippen LogP contribution in [-0.4, -0.2) is 37.0 Å². The molecule has 1 amide bonds. The number of benzene rings is 1. The molecule has 0 spiro atoms. The van der Waals surface area contributed by atoms with E-state index >= 15 is 0 Å². The van der Waals surface area contributed by atoms with E-state index in [1.54, 1.807) is 32.0 Å². The van der Waals surface area contributed by atoms with Crippen LogP contribution in [0.1, 0.15) is 23.0 Å². The highest BCUT2D eigenvalue weighted by Gasteiger charge is 2.22. The first kappa shape index (κ1) is 15.4. The fourth-order valence-electron chi connectivity index (χ4n) is 2.04. The predicted octanol–water partition coefficient (Wildman–Crippen LogP) is 3.03. The molecule has 6 heteroatoms. The van der Waals surface area contributed by atoms with Gasteiger partial charge >= 0.3 is 5.97 Å². The fourth-order valence-corrected chi connectivity index (χ4v) is 2.21. The average molecular weight is 310 g/mol. The van der Waals surface area contributed by atoms with Crippen molar-refractivity contribution in [2.24, 2.45) is 0 Å². The second kappa shape index (κ2) is 6.18. The van der Waals surface area contributed by atoms with Crippen LogP contribution < -0.4 is 0 Å². The van der Waals surface area contributed by atoms with Crippen molar-refractivity contribution in [1.29, 1.82) is 0 Å². The van der Waals surface area contributed by atoms with Crippen LogP contribution in [0, 0.1) is 6.92 Å². The maximum atomic E-state index is 12.4. The Morgan fingerprint density at radius 2 is 2.10 bits per heavy atom. The molecule has 1 aromatic heterocycles. The van der Waals surface area contributed by atoms with Gasteiger partial charge in [0.05, 0.1) is 6.61 Å². The lowest BCUT2D eigenvalue weighted by molar-refractivity contribution is -0.143. The van der Waals surface area contributed by atoms with Gasteiger partial charge in [-0.3, -0.25) is 9.59 Å². The molecule has 1 aromatic carbocycles. The van der Waals surface area contributed by atoms with Crippen molar-refractivity contribution < 1.29 is 18.7 Å². The van der Waals surface area contributed by atoms with Gasteiger partial charge in [0.2, 0.25) is 0 Å². The number of carbonyl (C=O) groups is 2. The zero-order valence-electron chi connectivity index (χ0n) is 12.1. The lowest BCUT2D eigenvalue weighted by Gasteiger charge is -2.14. The van der Waals surface area contributed by atoms with Crippen molar-refractivity contribution in [3.8, 4) is 0 Å². The van der Waals surface area contributed by atoms with Crippen molar-refractivity contribution in [2.45, 2.75) is 13.8 Å². The molecule has 0 aliphatic rings. The van der Waals surface area contributed by atoms with Crippen molar-refractivity contribution in [3.63, 3.8) is 0 Å². The molecule has 0 saturated carbocycles. The summed E-state index contributed by atoms with van der Waals surface area (Å²) in [6.07, 6.45) is 0. The molecular formula is C15H16ClNO4. The van der Waals surface area contributed by atoms with E-state index in [-0.39, 0.29) is 24.8 Å². The highest BCUT2D eigenvalue weighted by Crippen LogP contribution is 2.28. The van der Waals surface area contributed by atoms with E-state index < -0.39 is 5.97 Å². The van der Waals surface area contributed by atoms with Gasteiger partial charge in [0, 0.05) is 23.0 Å². The van der Waals surface area contributed by atoms with Gasteiger partial charge in [-0.05, 0) is 32.0 Å². The van der Waals surface area contributed by atoms with Crippen molar-refractivity contribution in [2.75, 3.05) is 20.2 Å². The Balaban J connectivity index is 2.27. The lowest BCUT2D eigenvalue weighted by atomic mass is 10.1. The van der Waals surface area contributed by atoms with Gasteiger partial charge in [-0.1, -0.05) is 11.6 Å². The second-order valence-corrected chi connectivity index (χ2v) is 5.10. The van der Waals surface area contributed by atoms with Gasteiger partial charge < -0.3 is 14.1 Å². The minimum Gasteiger partial charge on any atom is -0.465 e. The molecule has 0 aliphatic heterocycles. The van der Waals surface area contributed by atoms with Crippen LogP contribution in [0.2, 0.25) is 5.02 Å². The molecule has 1 heterocycles. The molecule has 21 heavy (non-hydrogen) atoms. The molecule has 5 nitrogen and oxygen atoms in total. The van der Waals surface area contributed by atoms with Crippen LogP contribution in [0.5, 0.6) is 0 Å². The van der Waals surface area contributed by atoms with Gasteiger partial charge in [-0.15, -0.1) is 0 Å². The van der Waals surface area contributed by atoms with Gasteiger partial charge in [0.15, 0.2) is 5.76 Å². The van der Waals surface area contributed by atoms with E-state index in [0.29, 0.717) is 16.2 Å². The Labute approximate surface area is 127 Å². The summed E-state index contributed by atoms with van der Waals surface area (Å²) in [6, 6.07) is 5.16. The van der Waals surface area contributed by atoms with E-state index in [9.17, 15) is 9.59 Å². The average Bonchev–Trinajstić information content (AvgIpc) is 2.75. The number of furan rings is 1. The largest absolute Gasteiger partial charge is 0.465 e. The van der Waals surface area contributed by atoms with E-state index in [4.69, 9.17) is 20.8 Å². The zero-order valence-corrected chi connectivity index (χ0v) is 12.9. The van der Waals surface area contributed by atoms with Gasteiger partial charge in [0.25, 0.3) is 5.91 Å². The number of hydrogen-bond donors (Lipinski definition) is 0. The van der Waals surface area contributed by atoms with Gasteiger partial charge in [-0.2, -0.15) is 0 Å². The number of nitrogens with zero attached hydrogens (tertiary/aromatic N) is 1. The van der Waals surface area contributed by atoms with Crippen LogP contribution in [0.15, 0.2) is 22.6 Å². The van der Waals surface area contributed by atoms with Crippen molar-refractivity contribution in [1.82, 2.24) is 4.90 Å². The van der Waals surface area contributed by atoms with Crippen molar-refractivity contribution >= 4 is 34.4 Å². The number of likely N-dealkylation sites (N-methyl/N-ethyl adjacent to an activating group) is 1. The van der Waals surface area contributed by atoms with E-state index in [1.807, 2.05) is 0 Å². The molecule has 2 rings (SSSR count). The summed E-state index contributed by atoms with van der Waals surface area (Å²) in [5.41, 5.74) is 1.29. The molecule has 0 atom stereocenters. The number of carbonyl (C=O) groups excluding carboxylic acids is 2. The first-order valence-electron chi connectivity index (χ1n) is 6.53. The molecule has 0 aliphatic carbocycles. The summed E-state index contributed by atoms with van der Waals surface area (Å²) in [5, 5.41) is 1.36. The molecule has 0 saturated heterocycles. The molecule has 0 radical (unpaired) electrons. The van der Waals surface area contributed by atoms with Crippen LogP contribution >= 0.6 is 11.6 Å². The van der Waals surface area contributed by atoms with Gasteiger partial charge in [-0.25, -0.2) is 0 Å². The number of aryl methyl sites for hydroxylation is 1. The predicted molar refractivity (Wildman–Crippen MR) is 79.6 cm³/mol. The molecule has 0 N–H and O–H groups in total.